The summed E-state index contributed by atoms with van der Waals surface area (Å²) < 4.78 is 26.1. The third-order valence-corrected chi connectivity index (χ3v) is 5.23. The number of nitro groups is 1. The van der Waals surface area contributed by atoms with Crippen molar-refractivity contribution in [3.63, 3.8) is 0 Å². The van der Waals surface area contributed by atoms with Gasteiger partial charge in [-0.2, -0.15) is 9.94 Å². The quantitative estimate of drug-likeness (QED) is 0.502. The van der Waals surface area contributed by atoms with E-state index in [1.807, 2.05) is 0 Å². The summed E-state index contributed by atoms with van der Waals surface area (Å²) in [4.78, 5) is 9.91. The van der Waals surface area contributed by atoms with Crippen LogP contribution in [0.5, 0.6) is 0 Å². The van der Waals surface area contributed by atoms with E-state index >= 15 is 0 Å². The third kappa shape index (κ3) is 2.73. The standard InChI is InChI=1S/C7H9N7O4S2/c1-3(7-9-12-13-10-7)11-20(17,18)5-2-4(14(15)16)6(8)19-5/h2-3,11H,8H2,1H3,(H,9,10,12,13). The van der Waals surface area contributed by atoms with Crippen LogP contribution >= 0.6 is 11.3 Å². The number of hydrogen-bond acceptors (Lipinski definition) is 9. The van der Waals surface area contributed by atoms with Crippen molar-refractivity contribution in [1.82, 2.24) is 25.3 Å². The first-order valence-electron chi connectivity index (χ1n) is 5.10. The number of aromatic amines is 1. The van der Waals surface area contributed by atoms with Gasteiger partial charge in [-0.05, 0) is 6.92 Å². The number of anilines is 1. The van der Waals surface area contributed by atoms with Crippen LogP contribution < -0.4 is 10.5 Å². The van der Waals surface area contributed by atoms with Crippen LogP contribution in [-0.2, 0) is 10.0 Å². The van der Waals surface area contributed by atoms with Gasteiger partial charge >= 0.3 is 5.69 Å². The minimum absolute atomic E-state index is 0.146. The molecule has 0 spiro atoms. The Balaban J connectivity index is 2.27. The Bertz CT molecular complexity index is 722. The van der Waals surface area contributed by atoms with E-state index in [1.54, 1.807) is 0 Å². The second-order valence-corrected chi connectivity index (χ2v) is 6.71. The van der Waals surface area contributed by atoms with Crippen molar-refractivity contribution in [2.75, 3.05) is 5.73 Å². The highest BCUT2D eigenvalue weighted by molar-refractivity contribution is 7.91. The molecule has 13 heteroatoms. The number of aromatic nitrogens is 4. The van der Waals surface area contributed by atoms with E-state index in [9.17, 15) is 18.5 Å². The van der Waals surface area contributed by atoms with Crippen molar-refractivity contribution in [3.05, 3.63) is 22.0 Å². The monoisotopic (exact) mass is 319 g/mol. The lowest BCUT2D eigenvalue weighted by Gasteiger charge is -2.08. The van der Waals surface area contributed by atoms with E-state index in [1.165, 1.54) is 6.92 Å². The highest BCUT2D eigenvalue weighted by atomic mass is 32.2. The van der Waals surface area contributed by atoms with E-state index in [4.69, 9.17) is 5.73 Å². The number of nitrogens with two attached hydrogens (primary N) is 1. The topological polar surface area (TPSA) is 170 Å². The molecule has 0 radical (unpaired) electrons. The summed E-state index contributed by atoms with van der Waals surface area (Å²) in [6, 6.07) is 0.159. The van der Waals surface area contributed by atoms with Crippen molar-refractivity contribution >= 4 is 32.0 Å². The Morgan fingerprint density at radius 1 is 1.60 bits per heavy atom. The Morgan fingerprint density at radius 2 is 2.30 bits per heavy atom. The second kappa shape index (κ2) is 5.10. The molecule has 0 aliphatic heterocycles. The largest absolute Gasteiger partial charge is 0.385 e. The number of sulfonamides is 1. The lowest BCUT2D eigenvalue weighted by Crippen LogP contribution is -2.27. The van der Waals surface area contributed by atoms with Gasteiger partial charge in [-0.1, -0.05) is 16.6 Å². The molecule has 1 unspecified atom stereocenters. The summed E-state index contributed by atoms with van der Waals surface area (Å²) in [5.74, 6) is 0.146. The molecule has 1 atom stereocenters. The van der Waals surface area contributed by atoms with Crippen LogP contribution in [0.3, 0.4) is 0 Å². The molecule has 0 saturated heterocycles. The van der Waals surface area contributed by atoms with Gasteiger partial charge in [0, 0.05) is 6.07 Å². The fourth-order valence-electron chi connectivity index (χ4n) is 1.34. The fourth-order valence-corrected chi connectivity index (χ4v) is 3.78. The molecule has 4 N–H and O–H groups in total. The Hall–Kier alpha value is -2.12. The summed E-state index contributed by atoms with van der Waals surface area (Å²) in [6.07, 6.45) is 0. The van der Waals surface area contributed by atoms with Gasteiger partial charge in [0.25, 0.3) is 10.0 Å². The van der Waals surface area contributed by atoms with Crippen molar-refractivity contribution in [3.8, 4) is 0 Å². The highest BCUT2D eigenvalue weighted by Crippen LogP contribution is 2.34. The molecule has 108 valence electrons. The first-order valence-corrected chi connectivity index (χ1v) is 7.40. The molecular weight excluding hydrogens is 310 g/mol. The zero-order chi connectivity index (χ0) is 14.9. The summed E-state index contributed by atoms with van der Waals surface area (Å²) in [5.41, 5.74) is 4.97. The van der Waals surface area contributed by atoms with Gasteiger partial charge in [0.2, 0.25) is 0 Å². The van der Waals surface area contributed by atoms with E-state index < -0.39 is 26.7 Å². The van der Waals surface area contributed by atoms with E-state index in [-0.39, 0.29) is 15.0 Å². The molecule has 20 heavy (non-hydrogen) atoms. The molecule has 0 aliphatic carbocycles. The summed E-state index contributed by atoms with van der Waals surface area (Å²) in [6.45, 7) is 1.51. The lowest BCUT2D eigenvalue weighted by molar-refractivity contribution is -0.383. The highest BCUT2D eigenvalue weighted by Gasteiger charge is 2.27. The predicted octanol–water partition coefficient (Wildman–Crippen LogP) is -0.209. The fraction of sp³-hybridized carbons (Fsp3) is 0.286. The van der Waals surface area contributed by atoms with E-state index in [0.29, 0.717) is 11.3 Å². The molecule has 2 aromatic heterocycles. The Morgan fingerprint density at radius 3 is 2.80 bits per heavy atom. The number of nitrogens with zero attached hydrogens (tertiary/aromatic N) is 4. The molecule has 2 heterocycles. The number of rotatable bonds is 5. The maximum atomic E-state index is 12.1. The molecular formula is C7H9N7O4S2. The number of nitrogen functional groups attached to an aromatic ring is 1. The van der Waals surface area contributed by atoms with Crippen molar-refractivity contribution in [2.45, 2.75) is 17.2 Å². The van der Waals surface area contributed by atoms with Crippen molar-refractivity contribution < 1.29 is 13.3 Å². The first-order chi connectivity index (χ1) is 9.31. The number of thiophene rings is 1. The number of H-pyrrole nitrogens is 1. The molecule has 0 bridgehead atoms. The van der Waals surface area contributed by atoms with Gasteiger partial charge in [0.1, 0.15) is 4.21 Å². The third-order valence-electron chi connectivity index (χ3n) is 2.26. The summed E-state index contributed by atoms with van der Waals surface area (Å²) in [7, 11) is -3.96. The van der Waals surface area contributed by atoms with Crippen LogP contribution in [0.4, 0.5) is 10.7 Å². The normalized spacial score (nSPS) is 13.2. The maximum Gasteiger partial charge on any atom is 0.304 e. The van der Waals surface area contributed by atoms with Gasteiger partial charge in [-0.25, -0.2) is 8.42 Å². The van der Waals surface area contributed by atoms with Gasteiger partial charge in [-0.3, -0.25) is 10.1 Å². The average Bonchev–Trinajstić information content (AvgIpc) is 2.96. The van der Waals surface area contributed by atoms with Crippen molar-refractivity contribution in [2.24, 2.45) is 0 Å². The minimum atomic E-state index is -3.96. The molecule has 11 nitrogen and oxygen atoms in total. The summed E-state index contributed by atoms with van der Waals surface area (Å²) in [5, 5.41) is 23.3. The minimum Gasteiger partial charge on any atom is -0.385 e. The SMILES string of the molecule is CC(NS(=O)(=O)c1cc([N+](=O)[O-])c(N)s1)c1nn[nH]n1. The molecule has 2 aromatic rings. The first kappa shape index (κ1) is 14.3. The lowest BCUT2D eigenvalue weighted by atomic mass is 10.4. The Kier molecular flexibility index (Phi) is 3.65. The predicted molar refractivity (Wildman–Crippen MR) is 68.3 cm³/mol. The zero-order valence-corrected chi connectivity index (χ0v) is 11.6. The van der Waals surface area contributed by atoms with Gasteiger partial charge < -0.3 is 5.73 Å². The van der Waals surface area contributed by atoms with E-state index in [0.717, 1.165) is 6.07 Å². The van der Waals surface area contributed by atoms with Gasteiger partial charge in [0.05, 0.1) is 11.0 Å². The number of hydrogen-bond donors (Lipinski definition) is 3. The maximum absolute atomic E-state index is 12.1. The van der Waals surface area contributed by atoms with Crippen LogP contribution in [0.1, 0.15) is 18.8 Å². The summed E-state index contributed by atoms with van der Waals surface area (Å²) >= 11 is 0.610. The smallest absolute Gasteiger partial charge is 0.304 e. The van der Waals surface area contributed by atoms with Crippen LogP contribution in [0.2, 0.25) is 0 Å². The zero-order valence-electron chi connectivity index (χ0n) is 9.97. The number of nitrogens with one attached hydrogen (secondary N) is 2. The van der Waals surface area contributed by atoms with Crippen LogP contribution in [0, 0.1) is 10.1 Å². The molecule has 0 fully saturated rings. The molecule has 0 aromatic carbocycles. The average molecular weight is 319 g/mol. The van der Waals surface area contributed by atoms with Crippen LogP contribution in [-0.4, -0.2) is 34.0 Å². The van der Waals surface area contributed by atoms with E-state index in [2.05, 4.69) is 25.3 Å². The molecule has 0 saturated carbocycles. The molecule has 2 rings (SSSR count). The Labute approximate surface area is 116 Å². The molecule has 0 amide bonds. The second-order valence-electron chi connectivity index (χ2n) is 3.69. The number of tetrazole rings is 1. The van der Waals surface area contributed by atoms with Gasteiger partial charge in [-0.15, -0.1) is 10.2 Å². The van der Waals surface area contributed by atoms with Gasteiger partial charge in [0.15, 0.2) is 10.8 Å². The molecule has 0 aliphatic rings. The van der Waals surface area contributed by atoms with Crippen LogP contribution in [0.15, 0.2) is 10.3 Å². The van der Waals surface area contributed by atoms with Crippen LogP contribution in [0.25, 0.3) is 0 Å². The van der Waals surface area contributed by atoms with Crippen molar-refractivity contribution in [1.29, 1.82) is 0 Å².